The highest BCUT2D eigenvalue weighted by Gasteiger charge is 2.17. The van der Waals surface area contributed by atoms with Crippen molar-refractivity contribution >= 4 is 16.7 Å². The van der Waals surface area contributed by atoms with Crippen molar-refractivity contribution in [2.75, 3.05) is 31.2 Å². The second-order valence-electron chi connectivity index (χ2n) is 8.50. The first kappa shape index (κ1) is 21.3. The normalized spacial score (nSPS) is 15.0. The average molecular weight is 441 g/mol. The van der Waals surface area contributed by atoms with Crippen LogP contribution in [0.4, 0.5) is 5.82 Å². The fourth-order valence-corrected chi connectivity index (χ4v) is 4.25. The Bertz CT molecular complexity index is 1310. The van der Waals surface area contributed by atoms with Gasteiger partial charge in [-0.05, 0) is 54.3 Å². The standard InChI is InChI=1S/C27H28N4O2/c1-3-19(2)20-8-11-22(12-9-20)31-26(29-24-7-5-4-6-23(24)27(31)32)21-10-13-25(28-18-21)30-14-16-33-17-15-30/h4-13,18-19H,3,14-17H2,1-2H3. The van der Waals surface area contributed by atoms with Gasteiger partial charge in [-0.15, -0.1) is 0 Å². The fourth-order valence-electron chi connectivity index (χ4n) is 4.25. The van der Waals surface area contributed by atoms with E-state index in [2.05, 4.69) is 35.9 Å². The highest BCUT2D eigenvalue weighted by atomic mass is 16.5. The van der Waals surface area contributed by atoms with E-state index in [1.807, 2.05) is 54.7 Å². The minimum atomic E-state index is -0.0795. The quantitative estimate of drug-likeness (QED) is 0.446. The van der Waals surface area contributed by atoms with E-state index >= 15 is 0 Å². The molecule has 33 heavy (non-hydrogen) atoms. The van der Waals surface area contributed by atoms with Crippen molar-refractivity contribution in [2.45, 2.75) is 26.2 Å². The van der Waals surface area contributed by atoms with Gasteiger partial charge in [0, 0.05) is 24.8 Å². The Labute approximate surface area is 193 Å². The van der Waals surface area contributed by atoms with Crippen molar-refractivity contribution in [3.63, 3.8) is 0 Å². The molecule has 1 saturated heterocycles. The summed E-state index contributed by atoms with van der Waals surface area (Å²) in [5, 5.41) is 0.602. The van der Waals surface area contributed by atoms with Gasteiger partial charge in [-0.3, -0.25) is 9.36 Å². The summed E-state index contributed by atoms with van der Waals surface area (Å²) in [5.41, 5.74) is 3.48. The number of nitrogens with zero attached hydrogens (tertiary/aromatic N) is 4. The molecular formula is C27H28N4O2. The third kappa shape index (κ3) is 4.14. The smallest absolute Gasteiger partial charge is 0.266 e. The molecule has 0 N–H and O–H groups in total. The Balaban J connectivity index is 1.63. The first-order valence-electron chi connectivity index (χ1n) is 11.6. The first-order valence-corrected chi connectivity index (χ1v) is 11.6. The van der Waals surface area contributed by atoms with Gasteiger partial charge in [-0.2, -0.15) is 0 Å². The lowest BCUT2D eigenvalue weighted by Crippen LogP contribution is -2.36. The number of hydrogen-bond acceptors (Lipinski definition) is 5. The highest BCUT2D eigenvalue weighted by Crippen LogP contribution is 2.25. The van der Waals surface area contributed by atoms with Crippen LogP contribution in [0, 0.1) is 0 Å². The van der Waals surface area contributed by atoms with Crippen LogP contribution in [0.1, 0.15) is 31.7 Å². The van der Waals surface area contributed by atoms with Crippen LogP contribution in [0.5, 0.6) is 0 Å². The zero-order chi connectivity index (χ0) is 22.8. The highest BCUT2D eigenvalue weighted by molar-refractivity contribution is 5.80. The summed E-state index contributed by atoms with van der Waals surface area (Å²) in [6.07, 6.45) is 2.88. The van der Waals surface area contributed by atoms with Crippen molar-refractivity contribution in [3.05, 3.63) is 82.8 Å². The lowest BCUT2D eigenvalue weighted by atomic mass is 9.98. The summed E-state index contributed by atoms with van der Waals surface area (Å²) in [4.78, 5) is 25.4. The van der Waals surface area contributed by atoms with Crippen LogP contribution in [0.3, 0.4) is 0 Å². The molecule has 3 heterocycles. The van der Waals surface area contributed by atoms with E-state index < -0.39 is 0 Å². The molecule has 0 radical (unpaired) electrons. The second kappa shape index (κ2) is 9.16. The maximum Gasteiger partial charge on any atom is 0.266 e. The van der Waals surface area contributed by atoms with Crippen molar-refractivity contribution in [3.8, 4) is 17.1 Å². The number of hydrogen-bond donors (Lipinski definition) is 0. The number of rotatable bonds is 5. The third-order valence-electron chi connectivity index (χ3n) is 6.45. The molecule has 0 amide bonds. The van der Waals surface area contributed by atoms with Crippen LogP contribution in [0.15, 0.2) is 71.7 Å². The molecule has 168 valence electrons. The molecule has 1 aliphatic rings. The Hall–Kier alpha value is -3.51. The zero-order valence-electron chi connectivity index (χ0n) is 19.1. The van der Waals surface area contributed by atoms with Crippen molar-refractivity contribution in [1.82, 2.24) is 14.5 Å². The average Bonchev–Trinajstić information content (AvgIpc) is 2.89. The Morgan fingerprint density at radius 3 is 2.45 bits per heavy atom. The van der Waals surface area contributed by atoms with E-state index in [0.717, 1.165) is 36.6 Å². The van der Waals surface area contributed by atoms with Crippen LogP contribution in [0.2, 0.25) is 0 Å². The first-order chi connectivity index (χ1) is 16.2. The van der Waals surface area contributed by atoms with Crippen molar-refractivity contribution < 1.29 is 4.74 Å². The van der Waals surface area contributed by atoms with Gasteiger partial charge in [0.1, 0.15) is 11.6 Å². The molecular weight excluding hydrogens is 412 g/mol. The maximum absolute atomic E-state index is 13.6. The molecule has 2 aromatic carbocycles. The van der Waals surface area contributed by atoms with Gasteiger partial charge in [0.15, 0.2) is 0 Å². The van der Waals surface area contributed by atoms with E-state index in [1.165, 1.54) is 5.56 Å². The molecule has 5 rings (SSSR count). The predicted octanol–water partition coefficient (Wildman–Crippen LogP) is 4.80. The van der Waals surface area contributed by atoms with E-state index in [0.29, 0.717) is 35.9 Å². The molecule has 0 bridgehead atoms. The molecule has 1 unspecified atom stereocenters. The van der Waals surface area contributed by atoms with Crippen molar-refractivity contribution in [2.24, 2.45) is 0 Å². The van der Waals surface area contributed by atoms with Gasteiger partial charge in [0.05, 0.1) is 29.8 Å². The minimum Gasteiger partial charge on any atom is -0.378 e. The number of ether oxygens (including phenoxy) is 1. The summed E-state index contributed by atoms with van der Waals surface area (Å²) in [5.74, 6) is 1.98. The molecule has 6 nitrogen and oxygen atoms in total. The molecule has 0 saturated carbocycles. The van der Waals surface area contributed by atoms with E-state index in [-0.39, 0.29) is 5.56 Å². The number of morpholine rings is 1. The van der Waals surface area contributed by atoms with E-state index in [4.69, 9.17) is 9.72 Å². The Morgan fingerprint density at radius 1 is 1.00 bits per heavy atom. The predicted molar refractivity (Wildman–Crippen MR) is 132 cm³/mol. The van der Waals surface area contributed by atoms with Gasteiger partial charge in [-0.25, -0.2) is 9.97 Å². The topological polar surface area (TPSA) is 60.2 Å². The number of benzene rings is 2. The summed E-state index contributed by atoms with van der Waals surface area (Å²) in [6, 6.07) is 19.7. The van der Waals surface area contributed by atoms with Crippen LogP contribution < -0.4 is 10.5 Å². The molecule has 6 heteroatoms. The Morgan fingerprint density at radius 2 is 1.76 bits per heavy atom. The molecule has 0 spiro atoms. The molecule has 2 aromatic heterocycles. The van der Waals surface area contributed by atoms with Crippen LogP contribution in [-0.2, 0) is 4.74 Å². The van der Waals surface area contributed by atoms with Crippen LogP contribution >= 0.6 is 0 Å². The molecule has 1 fully saturated rings. The maximum atomic E-state index is 13.6. The van der Waals surface area contributed by atoms with Gasteiger partial charge in [0.25, 0.3) is 5.56 Å². The van der Waals surface area contributed by atoms with Gasteiger partial charge >= 0.3 is 0 Å². The van der Waals surface area contributed by atoms with Gasteiger partial charge < -0.3 is 9.64 Å². The number of para-hydroxylation sites is 1. The molecule has 1 atom stereocenters. The molecule has 4 aromatic rings. The summed E-state index contributed by atoms with van der Waals surface area (Å²) >= 11 is 0. The van der Waals surface area contributed by atoms with Gasteiger partial charge in [-0.1, -0.05) is 38.1 Å². The second-order valence-corrected chi connectivity index (χ2v) is 8.50. The van der Waals surface area contributed by atoms with Crippen LogP contribution in [-0.4, -0.2) is 40.8 Å². The number of anilines is 1. The summed E-state index contributed by atoms with van der Waals surface area (Å²) < 4.78 is 7.15. The van der Waals surface area contributed by atoms with Gasteiger partial charge in [0.2, 0.25) is 0 Å². The lowest BCUT2D eigenvalue weighted by Gasteiger charge is -2.27. The monoisotopic (exact) mass is 440 g/mol. The van der Waals surface area contributed by atoms with Crippen molar-refractivity contribution in [1.29, 1.82) is 0 Å². The Kier molecular flexibility index (Phi) is 5.92. The van der Waals surface area contributed by atoms with Crippen LogP contribution in [0.25, 0.3) is 28.0 Å². The fraction of sp³-hybridized carbons (Fsp3) is 0.296. The molecule has 1 aliphatic heterocycles. The SMILES string of the molecule is CCC(C)c1ccc(-n2c(-c3ccc(N4CCOCC4)nc3)nc3ccccc3c2=O)cc1. The van der Waals surface area contributed by atoms with E-state index in [9.17, 15) is 4.79 Å². The summed E-state index contributed by atoms with van der Waals surface area (Å²) in [6.45, 7) is 7.47. The van der Waals surface area contributed by atoms with E-state index in [1.54, 1.807) is 4.57 Å². The lowest BCUT2D eigenvalue weighted by molar-refractivity contribution is 0.122. The number of pyridine rings is 1. The summed E-state index contributed by atoms with van der Waals surface area (Å²) in [7, 11) is 0. The minimum absolute atomic E-state index is 0.0795. The molecule has 0 aliphatic carbocycles. The third-order valence-corrected chi connectivity index (χ3v) is 6.45. The number of aromatic nitrogens is 3. The number of fused-ring (bicyclic) bond motifs is 1. The largest absolute Gasteiger partial charge is 0.378 e. The zero-order valence-corrected chi connectivity index (χ0v) is 19.1.